The molecule has 0 aliphatic carbocycles. The van der Waals surface area contributed by atoms with Crippen LogP contribution in [0.25, 0.3) is 10.6 Å². The van der Waals surface area contributed by atoms with E-state index in [-0.39, 0.29) is 0 Å². The van der Waals surface area contributed by atoms with Crippen molar-refractivity contribution in [2.75, 3.05) is 31.1 Å². The van der Waals surface area contributed by atoms with E-state index in [1.165, 1.54) is 4.88 Å². The molecule has 19 heavy (non-hydrogen) atoms. The molecule has 0 bridgehead atoms. The number of nitrogens with one attached hydrogen (secondary N) is 1. The summed E-state index contributed by atoms with van der Waals surface area (Å²) in [6.07, 6.45) is 2.99. The number of rotatable bonds is 2. The van der Waals surface area contributed by atoms with Crippen molar-refractivity contribution in [3.05, 3.63) is 28.2 Å². The molecule has 3 heterocycles. The van der Waals surface area contributed by atoms with Crippen LogP contribution in [0.3, 0.4) is 0 Å². The summed E-state index contributed by atoms with van der Waals surface area (Å²) >= 11 is 5.19. The van der Waals surface area contributed by atoms with Crippen LogP contribution in [0.4, 0.5) is 5.95 Å². The van der Waals surface area contributed by atoms with Crippen LogP contribution in [0, 0.1) is 0 Å². The normalized spacial score (nSPS) is 16.4. The monoisotopic (exact) mass is 338 g/mol. The van der Waals surface area contributed by atoms with Crippen LogP contribution in [0.15, 0.2) is 28.2 Å². The lowest BCUT2D eigenvalue weighted by Crippen LogP contribution is -2.29. The summed E-state index contributed by atoms with van der Waals surface area (Å²) in [7, 11) is 0. The SMILES string of the molecule is Brc1ccc(-c2ccnc(N3CCCNCC3)n2)s1. The third kappa shape index (κ3) is 3.13. The molecule has 6 heteroatoms. The van der Waals surface area contributed by atoms with Crippen LogP contribution in [0.2, 0.25) is 0 Å². The maximum Gasteiger partial charge on any atom is 0.225 e. The molecular weight excluding hydrogens is 324 g/mol. The molecule has 0 unspecified atom stereocenters. The van der Waals surface area contributed by atoms with E-state index in [4.69, 9.17) is 4.98 Å². The molecule has 1 saturated heterocycles. The zero-order chi connectivity index (χ0) is 13.1. The summed E-state index contributed by atoms with van der Waals surface area (Å²) in [5, 5.41) is 3.40. The lowest BCUT2D eigenvalue weighted by molar-refractivity contribution is 0.724. The van der Waals surface area contributed by atoms with Crippen molar-refractivity contribution < 1.29 is 0 Å². The molecule has 3 rings (SSSR count). The van der Waals surface area contributed by atoms with Gasteiger partial charge in [0.25, 0.3) is 0 Å². The van der Waals surface area contributed by atoms with Gasteiger partial charge in [-0.15, -0.1) is 11.3 Å². The molecule has 0 aromatic carbocycles. The average molecular weight is 339 g/mol. The Kier molecular flexibility index (Phi) is 4.10. The third-order valence-corrected chi connectivity index (χ3v) is 4.74. The van der Waals surface area contributed by atoms with Gasteiger partial charge in [-0.3, -0.25) is 0 Å². The van der Waals surface area contributed by atoms with Crippen LogP contribution in [0.1, 0.15) is 6.42 Å². The second kappa shape index (κ2) is 5.98. The van der Waals surface area contributed by atoms with Gasteiger partial charge in [0.05, 0.1) is 14.4 Å². The van der Waals surface area contributed by atoms with Crippen LogP contribution in [-0.4, -0.2) is 36.1 Å². The Morgan fingerprint density at radius 2 is 2.16 bits per heavy atom. The fourth-order valence-corrected chi connectivity index (χ4v) is 3.49. The molecule has 0 atom stereocenters. The Morgan fingerprint density at radius 1 is 1.21 bits per heavy atom. The predicted molar refractivity (Wildman–Crippen MR) is 82.7 cm³/mol. The van der Waals surface area contributed by atoms with E-state index < -0.39 is 0 Å². The molecule has 0 radical (unpaired) electrons. The number of aromatic nitrogens is 2. The van der Waals surface area contributed by atoms with Crippen LogP contribution in [-0.2, 0) is 0 Å². The molecule has 0 amide bonds. The van der Waals surface area contributed by atoms with Gasteiger partial charge in [-0.25, -0.2) is 9.97 Å². The molecule has 1 aliphatic rings. The molecule has 1 N–H and O–H groups in total. The average Bonchev–Trinajstić information content (AvgIpc) is 2.71. The number of halogens is 1. The number of nitrogens with zero attached hydrogens (tertiary/aromatic N) is 3. The topological polar surface area (TPSA) is 41.1 Å². The highest BCUT2D eigenvalue weighted by atomic mass is 79.9. The summed E-state index contributed by atoms with van der Waals surface area (Å²) in [4.78, 5) is 12.5. The highest BCUT2D eigenvalue weighted by Crippen LogP contribution is 2.30. The van der Waals surface area contributed by atoms with Gasteiger partial charge in [0.1, 0.15) is 0 Å². The van der Waals surface area contributed by atoms with E-state index in [1.807, 2.05) is 12.3 Å². The number of hydrogen-bond donors (Lipinski definition) is 1. The summed E-state index contributed by atoms with van der Waals surface area (Å²) < 4.78 is 1.13. The van der Waals surface area contributed by atoms with Gasteiger partial charge in [0, 0.05) is 25.8 Å². The van der Waals surface area contributed by atoms with Gasteiger partial charge in [0.2, 0.25) is 5.95 Å². The standard InChI is InChI=1S/C13H15BrN4S/c14-12-3-2-11(19-12)10-4-6-16-13(17-10)18-8-1-5-15-7-9-18/h2-4,6,15H,1,5,7-9H2. The largest absolute Gasteiger partial charge is 0.339 e. The van der Waals surface area contributed by atoms with Gasteiger partial charge < -0.3 is 10.2 Å². The first-order chi connectivity index (χ1) is 9.33. The minimum absolute atomic E-state index is 0.839. The molecule has 1 fully saturated rings. The summed E-state index contributed by atoms with van der Waals surface area (Å²) in [6.45, 7) is 4.06. The summed E-state index contributed by atoms with van der Waals surface area (Å²) in [6, 6.07) is 6.11. The zero-order valence-electron chi connectivity index (χ0n) is 10.5. The van der Waals surface area contributed by atoms with E-state index in [0.29, 0.717) is 0 Å². The van der Waals surface area contributed by atoms with Gasteiger partial charge in [0.15, 0.2) is 0 Å². The first kappa shape index (κ1) is 13.0. The van der Waals surface area contributed by atoms with Crippen LogP contribution in [0.5, 0.6) is 0 Å². The molecule has 2 aromatic rings. The lowest BCUT2D eigenvalue weighted by atomic mass is 10.3. The first-order valence-corrected chi connectivity index (χ1v) is 7.98. The van der Waals surface area contributed by atoms with E-state index in [2.05, 4.69) is 43.3 Å². The van der Waals surface area contributed by atoms with E-state index in [9.17, 15) is 0 Å². The molecule has 0 saturated carbocycles. The molecule has 0 spiro atoms. The van der Waals surface area contributed by atoms with Crippen LogP contribution >= 0.6 is 27.3 Å². The smallest absolute Gasteiger partial charge is 0.225 e. The molecule has 2 aromatic heterocycles. The fourth-order valence-electron chi connectivity index (χ4n) is 2.14. The van der Waals surface area contributed by atoms with E-state index >= 15 is 0 Å². The Morgan fingerprint density at radius 3 is 3.00 bits per heavy atom. The van der Waals surface area contributed by atoms with Crippen molar-refractivity contribution in [1.82, 2.24) is 15.3 Å². The quantitative estimate of drug-likeness (QED) is 0.914. The zero-order valence-corrected chi connectivity index (χ0v) is 12.9. The Balaban J connectivity index is 1.86. The number of hydrogen-bond acceptors (Lipinski definition) is 5. The Labute approximate surface area is 125 Å². The molecule has 1 aliphatic heterocycles. The van der Waals surface area contributed by atoms with Crippen molar-refractivity contribution >= 4 is 33.2 Å². The van der Waals surface area contributed by atoms with Gasteiger partial charge in [-0.05, 0) is 47.1 Å². The highest BCUT2D eigenvalue weighted by molar-refractivity contribution is 9.11. The summed E-state index contributed by atoms with van der Waals surface area (Å²) in [5.74, 6) is 0.839. The van der Waals surface area contributed by atoms with Crippen LogP contribution < -0.4 is 10.2 Å². The van der Waals surface area contributed by atoms with Crippen molar-refractivity contribution in [3.63, 3.8) is 0 Å². The third-order valence-electron chi connectivity index (χ3n) is 3.09. The maximum atomic E-state index is 4.70. The van der Waals surface area contributed by atoms with Gasteiger partial charge >= 0.3 is 0 Å². The van der Waals surface area contributed by atoms with Gasteiger partial charge in [-0.1, -0.05) is 0 Å². The Bertz CT molecular complexity index is 549. The number of anilines is 1. The second-order valence-electron chi connectivity index (χ2n) is 4.44. The molecule has 4 nitrogen and oxygen atoms in total. The van der Waals surface area contributed by atoms with Crippen molar-refractivity contribution in [2.45, 2.75) is 6.42 Å². The minimum atomic E-state index is 0.839. The van der Waals surface area contributed by atoms with Gasteiger partial charge in [-0.2, -0.15) is 0 Å². The van der Waals surface area contributed by atoms with E-state index in [0.717, 1.165) is 48.0 Å². The lowest BCUT2D eigenvalue weighted by Gasteiger charge is -2.19. The molecular formula is C13H15BrN4S. The second-order valence-corrected chi connectivity index (χ2v) is 6.90. The number of thiophene rings is 1. The van der Waals surface area contributed by atoms with Crippen molar-refractivity contribution in [3.8, 4) is 10.6 Å². The Hall–Kier alpha value is -0.980. The van der Waals surface area contributed by atoms with E-state index in [1.54, 1.807) is 11.3 Å². The highest BCUT2D eigenvalue weighted by Gasteiger charge is 2.13. The van der Waals surface area contributed by atoms with Crippen molar-refractivity contribution in [1.29, 1.82) is 0 Å². The van der Waals surface area contributed by atoms with Crippen molar-refractivity contribution in [2.24, 2.45) is 0 Å². The maximum absolute atomic E-state index is 4.70. The fraction of sp³-hybridized carbons (Fsp3) is 0.385. The first-order valence-electron chi connectivity index (χ1n) is 6.37. The minimum Gasteiger partial charge on any atom is -0.339 e. The molecule has 100 valence electrons. The summed E-state index contributed by atoms with van der Waals surface area (Å²) in [5.41, 5.74) is 0.998. The predicted octanol–water partition coefficient (Wildman–Crippen LogP) is 2.77.